The van der Waals surface area contributed by atoms with E-state index in [0.29, 0.717) is 5.41 Å². The van der Waals surface area contributed by atoms with E-state index in [-0.39, 0.29) is 18.9 Å². The van der Waals surface area contributed by atoms with E-state index in [2.05, 4.69) is 39.0 Å². The van der Waals surface area contributed by atoms with Gasteiger partial charge in [0.1, 0.15) is 0 Å². The molecule has 0 saturated heterocycles. The monoisotopic (exact) mass is 128 g/mol. The summed E-state index contributed by atoms with van der Waals surface area (Å²) in [6.45, 7) is 6.64. The van der Waals surface area contributed by atoms with E-state index in [1.54, 1.807) is 0 Å². The SMILES string of the molecule is CC(C)(C)C1=[C-]CC=C1.[Li+]. The second-order valence-corrected chi connectivity index (χ2v) is 3.45. The van der Waals surface area contributed by atoms with Crippen LogP contribution in [0.2, 0.25) is 0 Å². The minimum absolute atomic E-state index is 0. The first-order valence-corrected chi connectivity index (χ1v) is 3.38. The van der Waals surface area contributed by atoms with Crippen LogP contribution in [0.5, 0.6) is 0 Å². The predicted molar refractivity (Wildman–Crippen MR) is 40.0 cm³/mol. The summed E-state index contributed by atoms with van der Waals surface area (Å²) in [5, 5.41) is 0. The van der Waals surface area contributed by atoms with Crippen LogP contribution in [0.1, 0.15) is 27.2 Å². The molecule has 0 fully saturated rings. The fourth-order valence-corrected chi connectivity index (χ4v) is 0.920. The van der Waals surface area contributed by atoms with Gasteiger partial charge in [-0.1, -0.05) is 20.8 Å². The van der Waals surface area contributed by atoms with Gasteiger partial charge in [-0.05, 0) is 5.41 Å². The van der Waals surface area contributed by atoms with E-state index in [1.807, 2.05) is 0 Å². The summed E-state index contributed by atoms with van der Waals surface area (Å²) in [4.78, 5) is 0. The molecule has 50 valence electrons. The van der Waals surface area contributed by atoms with Crippen LogP contribution < -0.4 is 18.9 Å². The Hall–Kier alpha value is 0.0774. The zero-order valence-electron chi connectivity index (χ0n) is 7.36. The van der Waals surface area contributed by atoms with Crippen molar-refractivity contribution >= 4 is 0 Å². The molecule has 10 heavy (non-hydrogen) atoms. The second-order valence-electron chi connectivity index (χ2n) is 3.45. The van der Waals surface area contributed by atoms with E-state index >= 15 is 0 Å². The van der Waals surface area contributed by atoms with Gasteiger partial charge in [-0.25, -0.2) is 11.6 Å². The summed E-state index contributed by atoms with van der Waals surface area (Å²) in [5.41, 5.74) is 1.65. The van der Waals surface area contributed by atoms with Gasteiger partial charge in [0.2, 0.25) is 0 Å². The number of hydrogen-bond acceptors (Lipinski definition) is 0. The molecule has 0 aromatic carbocycles. The van der Waals surface area contributed by atoms with Crippen LogP contribution in [0.3, 0.4) is 0 Å². The molecule has 0 N–H and O–H groups in total. The topological polar surface area (TPSA) is 0 Å². The van der Waals surface area contributed by atoms with Gasteiger partial charge in [0.15, 0.2) is 0 Å². The van der Waals surface area contributed by atoms with Gasteiger partial charge in [0, 0.05) is 0 Å². The summed E-state index contributed by atoms with van der Waals surface area (Å²) in [6.07, 6.45) is 8.63. The third-order valence-electron chi connectivity index (χ3n) is 1.50. The Morgan fingerprint density at radius 2 is 2.00 bits per heavy atom. The molecule has 0 saturated carbocycles. The first-order valence-electron chi connectivity index (χ1n) is 3.38. The van der Waals surface area contributed by atoms with Crippen LogP contribution in [0, 0.1) is 11.5 Å². The average Bonchev–Trinajstić information content (AvgIpc) is 2.08. The Kier molecular flexibility index (Phi) is 3.49. The summed E-state index contributed by atoms with van der Waals surface area (Å²) < 4.78 is 0. The molecule has 0 aromatic rings. The van der Waals surface area contributed by atoms with E-state index in [1.165, 1.54) is 5.57 Å². The van der Waals surface area contributed by atoms with Gasteiger partial charge >= 0.3 is 18.9 Å². The van der Waals surface area contributed by atoms with Crippen molar-refractivity contribution in [3.8, 4) is 0 Å². The summed E-state index contributed by atoms with van der Waals surface area (Å²) in [5.74, 6) is 0. The molecule has 0 amide bonds. The van der Waals surface area contributed by atoms with Crippen LogP contribution in [0.15, 0.2) is 17.7 Å². The molecule has 0 aliphatic heterocycles. The molecule has 1 heteroatoms. The largest absolute Gasteiger partial charge is 1.00 e. The van der Waals surface area contributed by atoms with Crippen LogP contribution in [0.4, 0.5) is 0 Å². The van der Waals surface area contributed by atoms with Crippen molar-refractivity contribution in [3.63, 3.8) is 0 Å². The summed E-state index contributed by atoms with van der Waals surface area (Å²) in [7, 11) is 0. The zero-order valence-corrected chi connectivity index (χ0v) is 7.36. The van der Waals surface area contributed by atoms with Crippen molar-refractivity contribution in [2.45, 2.75) is 27.2 Å². The summed E-state index contributed by atoms with van der Waals surface area (Å²) in [6, 6.07) is 0. The van der Waals surface area contributed by atoms with Gasteiger partial charge in [-0.2, -0.15) is 6.08 Å². The second kappa shape index (κ2) is 3.46. The van der Waals surface area contributed by atoms with Crippen molar-refractivity contribution in [3.05, 3.63) is 23.8 Å². The molecular weight excluding hydrogens is 115 g/mol. The van der Waals surface area contributed by atoms with E-state index in [9.17, 15) is 0 Å². The van der Waals surface area contributed by atoms with E-state index in [4.69, 9.17) is 0 Å². The molecule has 0 heterocycles. The molecule has 0 aromatic heterocycles. The van der Waals surface area contributed by atoms with Gasteiger partial charge < -0.3 is 0 Å². The average molecular weight is 128 g/mol. The van der Waals surface area contributed by atoms with E-state index in [0.717, 1.165) is 6.42 Å². The molecule has 0 bridgehead atoms. The Bertz CT molecular complexity index is 158. The minimum Gasteiger partial charge on any atom is -0.269 e. The maximum Gasteiger partial charge on any atom is 1.00 e. The zero-order chi connectivity index (χ0) is 6.91. The van der Waals surface area contributed by atoms with Crippen molar-refractivity contribution in [1.82, 2.24) is 0 Å². The maximum atomic E-state index is 3.30. The number of rotatable bonds is 0. The predicted octanol–water partition coefficient (Wildman–Crippen LogP) is -0.274. The standard InChI is InChI=1S/C9H13.Li/c1-9(2,3)8-6-4-5-7-8;/h4,6H,5H2,1-3H3;/q-1;+1. The Labute approximate surface area is 75.6 Å². The minimum atomic E-state index is 0. The summed E-state index contributed by atoms with van der Waals surface area (Å²) >= 11 is 0. The number of allylic oxidation sites excluding steroid dienone is 4. The first kappa shape index (κ1) is 10.1. The quantitative estimate of drug-likeness (QED) is 0.311. The third kappa shape index (κ3) is 2.37. The maximum absolute atomic E-state index is 3.30. The van der Waals surface area contributed by atoms with Crippen LogP contribution >= 0.6 is 0 Å². The Balaban J connectivity index is 0.000000810. The molecule has 0 spiro atoms. The molecule has 1 aliphatic rings. The molecule has 1 aliphatic carbocycles. The Morgan fingerprint density at radius 1 is 1.40 bits per heavy atom. The smallest absolute Gasteiger partial charge is 0.269 e. The molecule has 1 rings (SSSR count). The van der Waals surface area contributed by atoms with Gasteiger partial charge in [-0.3, -0.25) is 6.08 Å². The molecule has 0 radical (unpaired) electrons. The van der Waals surface area contributed by atoms with Crippen LogP contribution in [0.25, 0.3) is 0 Å². The van der Waals surface area contributed by atoms with Gasteiger partial charge in [0.25, 0.3) is 0 Å². The first-order chi connectivity index (χ1) is 4.11. The van der Waals surface area contributed by atoms with Gasteiger partial charge in [-0.15, -0.1) is 6.42 Å². The van der Waals surface area contributed by atoms with Crippen molar-refractivity contribution in [2.75, 3.05) is 0 Å². The molecule has 0 nitrogen and oxygen atoms in total. The van der Waals surface area contributed by atoms with Crippen LogP contribution in [-0.4, -0.2) is 0 Å². The van der Waals surface area contributed by atoms with Crippen molar-refractivity contribution in [1.29, 1.82) is 0 Å². The van der Waals surface area contributed by atoms with Gasteiger partial charge in [0.05, 0.1) is 0 Å². The Morgan fingerprint density at radius 3 is 2.20 bits per heavy atom. The fourth-order valence-electron chi connectivity index (χ4n) is 0.920. The molecule has 0 atom stereocenters. The number of hydrogen-bond donors (Lipinski definition) is 0. The fraction of sp³-hybridized carbons (Fsp3) is 0.556. The van der Waals surface area contributed by atoms with Crippen molar-refractivity contribution < 1.29 is 18.9 Å². The normalized spacial score (nSPS) is 16.5. The molecular formula is C9H13Li. The van der Waals surface area contributed by atoms with E-state index < -0.39 is 0 Å². The third-order valence-corrected chi connectivity index (χ3v) is 1.50. The molecule has 0 unspecified atom stereocenters. The van der Waals surface area contributed by atoms with Crippen molar-refractivity contribution in [2.24, 2.45) is 5.41 Å². The van der Waals surface area contributed by atoms with Crippen LogP contribution in [-0.2, 0) is 0 Å².